The third-order valence-corrected chi connectivity index (χ3v) is 2.14. The summed E-state index contributed by atoms with van der Waals surface area (Å²) in [4.78, 5) is 8.15. The fourth-order valence-electron chi connectivity index (χ4n) is 1.18. The zero-order valence-electron chi connectivity index (χ0n) is 6.58. The van der Waals surface area contributed by atoms with Gasteiger partial charge in [0.25, 0.3) is 0 Å². The average Bonchev–Trinajstić information content (AvgIpc) is 2.12. The monoisotopic (exact) mass is 178 g/mol. The minimum atomic E-state index is 0.679. The topological polar surface area (TPSA) is 25.8 Å². The van der Waals surface area contributed by atoms with Gasteiger partial charge in [-0.25, -0.2) is 0 Å². The Bertz CT molecular complexity index is 385. The Balaban J connectivity index is 2.95. The van der Waals surface area contributed by atoms with Gasteiger partial charge in [-0.15, -0.1) is 0 Å². The summed E-state index contributed by atoms with van der Waals surface area (Å²) in [7, 11) is 0. The van der Waals surface area contributed by atoms with Crippen molar-refractivity contribution in [2.75, 3.05) is 0 Å². The highest BCUT2D eigenvalue weighted by Crippen LogP contribution is 2.22. The van der Waals surface area contributed by atoms with Crippen molar-refractivity contribution in [2.45, 2.75) is 6.92 Å². The van der Waals surface area contributed by atoms with E-state index in [0.29, 0.717) is 5.02 Å². The lowest BCUT2D eigenvalue weighted by Gasteiger charge is -2.00. The summed E-state index contributed by atoms with van der Waals surface area (Å²) in [6.07, 6.45) is 5.18. The number of nitrogens with zero attached hydrogens (tertiary/aromatic N) is 2. The van der Waals surface area contributed by atoms with Gasteiger partial charge >= 0.3 is 0 Å². The molecule has 0 aliphatic heterocycles. The minimum Gasteiger partial charge on any atom is -0.264 e. The largest absolute Gasteiger partial charge is 0.264 e. The third kappa shape index (κ3) is 1.04. The highest BCUT2D eigenvalue weighted by molar-refractivity contribution is 6.35. The lowest BCUT2D eigenvalue weighted by atomic mass is 10.2. The molecule has 12 heavy (non-hydrogen) atoms. The van der Waals surface area contributed by atoms with Gasteiger partial charge in [-0.2, -0.15) is 0 Å². The smallest absolute Gasteiger partial charge is 0.0669 e. The van der Waals surface area contributed by atoms with Crippen molar-refractivity contribution < 1.29 is 0 Å². The molecular formula is C9H7ClN2. The number of fused-ring (bicyclic) bond motifs is 1. The highest BCUT2D eigenvalue weighted by Gasteiger charge is 2.00. The van der Waals surface area contributed by atoms with E-state index < -0.39 is 0 Å². The van der Waals surface area contributed by atoms with Gasteiger partial charge in [0.05, 0.1) is 5.02 Å². The average molecular weight is 179 g/mol. The molecule has 0 saturated heterocycles. The summed E-state index contributed by atoms with van der Waals surface area (Å²) in [5, 5.41) is 2.71. The van der Waals surface area contributed by atoms with Gasteiger partial charge in [-0.05, 0) is 13.0 Å². The molecule has 60 valence electrons. The van der Waals surface area contributed by atoms with E-state index in [4.69, 9.17) is 11.6 Å². The number of aryl methyl sites for hydroxylation is 1. The summed E-state index contributed by atoms with van der Waals surface area (Å²) < 4.78 is 0. The van der Waals surface area contributed by atoms with Crippen LogP contribution in [0.4, 0.5) is 0 Å². The van der Waals surface area contributed by atoms with E-state index in [1.807, 2.05) is 13.0 Å². The van der Waals surface area contributed by atoms with E-state index in [1.54, 1.807) is 18.6 Å². The molecule has 2 nitrogen and oxygen atoms in total. The van der Waals surface area contributed by atoms with Crippen LogP contribution in [-0.2, 0) is 0 Å². The van der Waals surface area contributed by atoms with Crippen molar-refractivity contribution in [3.63, 3.8) is 0 Å². The highest BCUT2D eigenvalue weighted by atomic mass is 35.5. The van der Waals surface area contributed by atoms with Crippen molar-refractivity contribution >= 4 is 22.4 Å². The Labute approximate surface area is 75.2 Å². The summed E-state index contributed by atoms with van der Waals surface area (Å²) >= 11 is 5.94. The molecule has 0 saturated carbocycles. The standard InChI is InChI=1S/C9H7ClN2/c1-6-8-4-11-3-2-7(8)9(10)5-12-6/h2-5H,1H3. The first-order valence-electron chi connectivity index (χ1n) is 3.64. The molecule has 0 amide bonds. The molecule has 0 radical (unpaired) electrons. The Morgan fingerprint density at radius 3 is 2.83 bits per heavy atom. The third-order valence-electron chi connectivity index (χ3n) is 1.84. The molecule has 3 heteroatoms. The van der Waals surface area contributed by atoms with E-state index in [1.165, 1.54) is 0 Å². The molecule has 0 aliphatic rings. The maximum absolute atomic E-state index is 5.94. The number of halogens is 1. The molecule has 0 bridgehead atoms. The first-order valence-corrected chi connectivity index (χ1v) is 4.01. The van der Waals surface area contributed by atoms with E-state index in [9.17, 15) is 0 Å². The Kier molecular flexibility index (Phi) is 1.70. The van der Waals surface area contributed by atoms with E-state index in [-0.39, 0.29) is 0 Å². The molecule has 2 aromatic heterocycles. The van der Waals surface area contributed by atoms with E-state index in [2.05, 4.69) is 9.97 Å². The second kappa shape index (κ2) is 2.72. The van der Waals surface area contributed by atoms with Crippen molar-refractivity contribution in [1.29, 1.82) is 0 Å². The molecule has 0 fully saturated rings. The first-order chi connectivity index (χ1) is 5.79. The number of pyridine rings is 2. The van der Waals surface area contributed by atoms with Crippen LogP contribution in [0.3, 0.4) is 0 Å². The van der Waals surface area contributed by atoms with Gasteiger partial charge in [0.15, 0.2) is 0 Å². The SMILES string of the molecule is Cc1ncc(Cl)c2ccncc12. The van der Waals surface area contributed by atoms with Crippen LogP contribution in [0.15, 0.2) is 24.7 Å². The summed E-state index contributed by atoms with van der Waals surface area (Å²) in [5.41, 5.74) is 0.961. The van der Waals surface area contributed by atoms with Crippen molar-refractivity contribution in [2.24, 2.45) is 0 Å². The molecule has 0 unspecified atom stereocenters. The Morgan fingerprint density at radius 2 is 2.08 bits per heavy atom. The number of aromatic nitrogens is 2. The van der Waals surface area contributed by atoms with Crippen LogP contribution in [0.25, 0.3) is 10.8 Å². The number of hydrogen-bond acceptors (Lipinski definition) is 2. The maximum atomic E-state index is 5.94. The Hall–Kier alpha value is -1.15. The molecule has 0 aliphatic carbocycles. The second-order valence-electron chi connectivity index (χ2n) is 2.61. The van der Waals surface area contributed by atoms with Gasteiger partial charge in [-0.3, -0.25) is 9.97 Å². The first kappa shape index (κ1) is 7.50. The zero-order chi connectivity index (χ0) is 8.55. The predicted molar refractivity (Wildman–Crippen MR) is 49.3 cm³/mol. The van der Waals surface area contributed by atoms with Gasteiger partial charge < -0.3 is 0 Å². The van der Waals surface area contributed by atoms with Crippen molar-refractivity contribution in [3.05, 3.63) is 35.4 Å². The Morgan fingerprint density at radius 1 is 1.25 bits per heavy atom. The predicted octanol–water partition coefficient (Wildman–Crippen LogP) is 2.59. The van der Waals surface area contributed by atoms with Crippen LogP contribution in [0.5, 0.6) is 0 Å². The molecule has 2 rings (SSSR count). The number of hydrogen-bond donors (Lipinski definition) is 0. The lowest BCUT2D eigenvalue weighted by molar-refractivity contribution is 1.22. The summed E-state index contributed by atoms with van der Waals surface area (Å²) in [6, 6.07) is 1.90. The molecule has 2 aromatic rings. The molecule has 0 N–H and O–H groups in total. The second-order valence-corrected chi connectivity index (χ2v) is 3.02. The van der Waals surface area contributed by atoms with Crippen molar-refractivity contribution in [1.82, 2.24) is 9.97 Å². The molecule has 0 spiro atoms. The fourth-order valence-corrected chi connectivity index (χ4v) is 1.40. The lowest BCUT2D eigenvalue weighted by Crippen LogP contribution is -1.85. The fraction of sp³-hybridized carbons (Fsp3) is 0.111. The van der Waals surface area contributed by atoms with Crippen LogP contribution in [0, 0.1) is 6.92 Å². The van der Waals surface area contributed by atoms with E-state index in [0.717, 1.165) is 16.5 Å². The number of rotatable bonds is 0. The molecule has 2 heterocycles. The van der Waals surface area contributed by atoms with Gasteiger partial charge in [0, 0.05) is 35.1 Å². The van der Waals surface area contributed by atoms with Crippen LogP contribution >= 0.6 is 11.6 Å². The van der Waals surface area contributed by atoms with Crippen molar-refractivity contribution in [3.8, 4) is 0 Å². The van der Waals surface area contributed by atoms with Gasteiger partial charge in [0.1, 0.15) is 0 Å². The molecular weight excluding hydrogens is 172 g/mol. The quantitative estimate of drug-likeness (QED) is 0.620. The molecule has 0 atom stereocenters. The molecule has 0 aromatic carbocycles. The van der Waals surface area contributed by atoms with Crippen LogP contribution in [0.1, 0.15) is 5.69 Å². The zero-order valence-corrected chi connectivity index (χ0v) is 7.34. The summed E-state index contributed by atoms with van der Waals surface area (Å²) in [5.74, 6) is 0. The van der Waals surface area contributed by atoms with Gasteiger partial charge in [-0.1, -0.05) is 11.6 Å². The van der Waals surface area contributed by atoms with Gasteiger partial charge in [0.2, 0.25) is 0 Å². The van der Waals surface area contributed by atoms with Crippen LogP contribution in [-0.4, -0.2) is 9.97 Å². The maximum Gasteiger partial charge on any atom is 0.0669 e. The van der Waals surface area contributed by atoms with E-state index >= 15 is 0 Å². The van der Waals surface area contributed by atoms with Crippen LogP contribution in [0.2, 0.25) is 5.02 Å². The minimum absolute atomic E-state index is 0.679. The van der Waals surface area contributed by atoms with Crippen LogP contribution < -0.4 is 0 Å². The normalized spacial score (nSPS) is 10.5. The summed E-state index contributed by atoms with van der Waals surface area (Å²) in [6.45, 7) is 1.94.